The number of hydrazone groups is 1. The van der Waals surface area contributed by atoms with E-state index in [0.29, 0.717) is 36.5 Å². The van der Waals surface area contributed by atoms with Crippen molar-refractivity contribution in [2.24, 2.45) is 5.10 Å². The van der Waals surface area contributed by atoms with E-state index in [1.165, 1.54) is 5.01 Å². The molecular weight excluding hydrogens is 460 g/mol. The Bertz CT molecular complexity index is 1380. The third kappa shape index (κ3) is 3.38. The van der Waals surface area contributed by atoms with Crippen LogP contribution in [0.15, 0.2) is 76.4 Å². The molecule has 4 amide bonds. The molecule has 9 heteroatoms. The number of carbonyl (C=O) groups is 3. The molecule has 0 saturated carbocycles. The van der Waals surface area contributed by atoms with Crippen LogP contribution in [0.1, 0.15) is 41.3 Å². The predicted molar refractivity (Wildman–Crippen MR) is 129 cm³/mol. The van der Waals surface area contributed by atoms with Crippen LogP contribution in [0.25, 0.3) is 0 Å². The zero-order valence-corrected chi connectivity index (χ0v) is 19.6. The summed E-state index contributed by atoms with van der Waals surface area (Å²) in [5.41, 5.74) is 2.26. The summed E-state index contributed by atoms with van der Waals surface area (Å²) in [6.45, 7) is -0.412. The Hall–Kier alpha value is -4.40. The molecule has 0 bridgehead atoms. The minimum absolute atomic E-state index is 0.404. The van der Waals surface area contributed by atoms with Crippen molar-refractivity contribution in [1.82, 2.24) is 15.2 Å². The Morgan fingerprint density at radius 1 is 1.14 bits per heavy atom. The third-order valence-corrected chi connectivity index (χ3v) is 7.18. The van der Waals surface area contributed by atoms with E-state index in [2.05, 4.69) is 10.4 Å². The number of nitrogens with one attached hydrogen (secondary N) is 1. The van der Waals surface area contributed by atoms with Crippen LogP contribution in [0.2, 0.25) is 0 Å². The van der Waals surface area contributed by atoms with Crippen molar-refractivity contribution in [1.29, 1.82) is 0 Å². The van der Waals surface area contributed by atoms with E-state index < -0.39 is 36.0 Å². The fourth-order valence-corrected chi connectivity index (χ4v) is 5.34. The normalized spacial score (nSPS) is 22.7. The van der Waals surface area contributed by atoms with Crippen LogP contribution in [0.4, 0.5) is 4.79 Å². The molecule has 2 aromatic carbocycles. The van der Waals surface area contributed by atoms with Crippen LogP contribution < -0.4 is 10.1 Å². The van der Waals surface area contributed by atoms with Crippen molar-refractivity contribution in [2.75, 3.05) is 13.7 Å². The molecule has 2 aliphatic heterocycles. The number of amides is 4. The Labute approximate surface area is 207 Å². The molecule has 6 rings (SSSR count). The van der Waals surface area contributed by atoms with E-state index in [1.807, 2.05) is 48.5 Å². The maximum absolute atomic E-state index is 13.5. The maximum atomic E-state index is 13.5. The first-order valence-electron chi connectivity index (χ1n) is 11.8. The lowest BCUT2D eigenvalue weighted by Gasteiger charge is -2.24. The largest absolute Gasteiger partial charge is 0.497 e. The zero-order valence-electron chi connectivity index (χ0n) is 19.6. The van der Waals surface area contributed by atoms with Crippen LogP contribution in [0.5, 0.6) is 5.75 Å². The van der Waals surface area contributed by atoms with Gasteiger partial charge in [0, 0.05) is 6.42 Å². The molecule has 1 saturated heterocycles. The SMILES string of the molecule is COc1ccc(C2=NN(C(=O)CN3C(=O)N[C@]4(CCc5ccccc54)C3=O)[C@@H](c3ccco3)C2)cc1. The number of hydrogen-bond acceptors (Lipinski definition) is 6. The topological polar surface area (TPSA) is 104 Å². The molecule has 36 heavy (non-hydrogen) atoms. The number of urea groups is 1. The van der Waals surface area contributed by atoms with Crippen LogP contribution in [-0.4, -0.2) is 47.1 Å². The lowest BCUT2D eigenvalue weighted by atomic mass is 9.92. The number of benzene rings is 2. The third-order valence-electron chi connectivity index (χ3n) is 7.18. The van der Waals surface area contributed by atoms with E-state index in [0.717, 1.165) is 21.6 Å². The van der Waals surface area contributed by atoms with Gasteiger partial charge in [0.05, 0.1) is 19.1 Å². The van der Waals surface area contributed by atoms with Gasteiger partial charge in [-0.15, -0.1) is 0 Å². The van der Waals surface area contributed by atoms with Crippen molar-refractivity contribution in [3.05, 3.63) is 89.4 Å². The van der Waals surface area contributed by atoms with Gasteiger partial charge in [-0.3, -0.25) is 14.5 Å². The lowest BCUT2D eigenvalue weighted by Crippen LogP contribution is -2.44. The first-order chi connectivity index (χ1) is 17.5. The first kappa shape index (κ1) is 22.1. The lowest BCUT2D eigenvalue weighted by molar-refractivity contribution is -0.140. The minimum Gasteiger partial charge on any atom is -0.497 e. The van der Waals surface area contributed by atoms with E-state index >= 15 is 0 Å². The van der Waals surface area contributed by atoms with Gasteiger partial charge in [0.2, 0.25) is 0 Å². The molecule has 1 spiro atoms. The maximum Gasteiger partial charge on any atom is 0.325 e. The Morgan fingerprint density at radius 2 is 1.94 bits per heavy atom. The highest BCUT2D eigenvalue weighted by Gasteiger charge is 2.56. The Kier molecular flexibility index (Phi) is 5.13. The second-order valence-corrected chi connectivity index (χ2v) is 9.13. The number of ether oxygens (including phenoxy) is 1. The second-order valence-electron chi connectivity index (χ2n) is 9.13. The number of fused-ring (bicyclic) bond motifs is 2. The van der Waals surface area contributed by atoms with E-state index in [4.69, 9.17) is 9.15 Å². The van der Waals surface area contributed by atoms with Crippen molar-refractivity contribution < 1.29 is 23.5 Å². The second kappa shape index (κ2) is 8.37. The average Bonchev–Trinajstić information content (AvgIpc) is 3.69. The number of hydrogen-bond donors (Lipinski definition) is 1. The summed E-state index contributed by atoms with van der Waals surface area (Å²) in [6, 6.07) is 17.5. The molecule has 1 aromatic heterocycles. The summed E-state index contributed by atoms with van der Waals surface area (Å²) in [7, 11) is 1.60. The van der Waals surface area contributed by atoms with Crippen molar-refractivity contribution in [3.63, 3.8) is 0 Å². The highest BCUT2D eigenvalue weighted by Crippen LogP contribution is 2.41. The molecule has 0 unspecified atom stereocenters. The molecular formula is C27H24N4O5. The molecule has 9 nitrogen and oxygen atoms in total. The Morgan fingerprint density at radius 3 is 2.69 bits per heavy atom. The number of rotatable bonds is 5. The summed E-state index contributed by atoms with van der Waals surface area (Å²) in [5, 5.41) is 8.79. The van der Waals surface area contributed by atoms with Gasteiger partial charge in [-0.2, -0.15) is 5.10 Å². The molecule has 1 fully saturated rings. The molecule has 3 heterocycles. The smallest absolute Gasteiger partial charge is 0.325 e. The predicted octanol–water partition coefficient (Wildman–Crippen LogP) is 3.36. The number of carbonyl (C=O) groups excluding carboxylic acids is 3. The number of furan rings is 1. The molecule has 1 aliphatic carbocycles. The van der Waals surface area contributed by atoms with Crippen LogP contribution in [0, 0.1) is 0 Å². The van der Waals surface area contributed by atoms with Gasteiger partial charge in [-0.05, 0) is 65.9 Å². The summed E-state index contributed by atoms with van der Waals surface area (Å²) in [4.78, 5) is 40.9. The van der Waals surface area contributed by atoms with Crippen LogP contribution in [0.3, 0.4) is 0 Å². The molecule has 3 aromatic rings. The summed E-state index contributed by atoms with van der Waals surface area (Å²) in [6.07, 6.45) is 3.14. The van der Waals surface area contributed by atoms with Gasteiger partial charge in [0.1, 0.15) is 29.6 Å². The van der Waals surface area contributed by atoms with Gasteiger partial charge in [-0.1, -0.05) is 24.3 Å². The van der Waals surface area contributed by atoms with Crippen molar-refractivity contribution in [3.8, 4) is 5.75 Å². The standard InChI is InChI=1S/C27H24N4O5/c1-35-19-10-8-18(9-11-19)21-15-22(23-7-4-14-36-23)31(29-21)24(32)16-30-25(33)27(28-26(30)34)13-12-17-5-2-3-6-20(17)27/h2-11,14,22H,12-13,15-16H2,1H3,(H,28,34)/t22-,27+/m1/s1. The summed E-state index contributed by atoms with van der Waals surface area (Å²) < 4.78 is 10.8. The van der Waals surface area contributed by atoms with E-state index in [1.54, 1.807) is 25.5 Å². The molecule has 1 N–H and O–H groups in total. The van der Waals surface area contributed by atoms with Gasteiger partial charge in [-0.25, -0.2) is 9.80 Å². The minimum atomic E-state index is -1.11. The first-order valence-corrected chi connectivity index (χ1v) is 11.8. The van der Waals surface area contributed by atoms with Gasteiger partial charge in [0.15, 0.2) is 0 Å². The average molecular weight is 485 g/mol. The monoisotopic (exact) mass is 484 g/mol. The van der Waals surface area contributed by atoms with E-state index in [9.17, 15) is 14.4 Å². The van der Waals surface area contributed by atoms with Crippen LogP contribution in [-0.2, 0) is 21.5 Å². The summed E-state index contributed by atoms with van der Waals surface area (Å²) >= 11 is 0. The Balaban J connectivity index is 1.27. The number of nitrogens with zero attached hydrogens (tertiary/aromatic N) is 3. The number of aryl methyl sites for hydroxylation is 1. The quantitative estimate of drug-likeness (QED) is 0.560. The van der Waals surface area contributed by atoms with Gasteiger partial charge in [0.25, 0.3) is 11.8 Å². The molecule has 2 atom stereocenters. The number of imide groups is 1. The number of methoxy groups -OCH3 is 1. The van der Waals surface area contributed by atoms with E-state index in [-0.39, 0.29) is 0 Å². The fourth-order valence-electron chi connectivity index (χ4n) is 5.34. The zero-order chi connectivity index (χ0) is 24.9. The highest BCUT2D eigenvalue weighted by molar-refractivity contribution is 6.10. The van der Waals surface area contributed by atoms with Crippen molar-refractivity contribution >= 4 is 23.6 Å². The van der Waals surface area contributed by atoms with Gasteiger partial charge < -0.3 is 14.5 Å². The van der Waals surface area contributed by atoms with Crippen LogP contribution >= 0.6 is 0 Å². The molecule has 3 aliphatic rings. The fraction of sp³-hybridized carbons (Fsp3) is 0.259. The summed E-state index contributed by atoms with van der Waals surface area (Å²) in [5.74, 6) is 0.425. The molecule has 182 valence electrons. The van der Waals surface area contributed by atoms with Gasteiger partial charge >= 0.3 is 6.03 Å². The molecule has 0 radical (unpaired) electrons. The van der Waals surface area contributed by atoms with Crippen molar-refractivity contribution in [2.45, 2.75) is 30.8 Å². The highest BCUT2D eigenvalue weighted by atomic mass is 16.5.